The first-order valence-electron chi connectivity index (χ1n) is 9.39. The Morgan fingerprint density at radius 3 is 2.56 bits per heavy atom. The Morgan fingerprint density at radius 1 is 1.09 bits per heavy atom. The fraction of sp³-hybridized carbons (Fsp3) is 0. The second-order valence-electron chi connectivity index (χ2n) is 6.76. The van der Waals surface area contributed by atoms with Gasteiger partial charge in [-0.25, -0.2) is 10.4 Å². The zero-order chi connectivity index (χ0) is 22.7. The van der Waals surface area contributed by atoms with Gasteiger partial charge in [0.1, 0.15) is 0 Å². The van der Waals surface area contributed by atoms with Crippen molar-refractivity contribution in [1.82, 2.24) is 10.4 Å². The van der Waals surface area contributed by atoms with Crippen LogP contribution in [-0.2, 0) is 0 Å². The molecule has 4 aromatic rings. The van der Waals surface area contributed by atoms with E-state index in [1.165, 1.54) is 6.07 Å². The molecule has 3 aromatic carbocycles. The Kier molecular flexibility index (Phi) is 5.78. The van der Waals surface area contributed by atoms with Crippen LogP contribution in [0.1, 0.15) is 15.9 Å². The molecule has 9 heteroatoms. The van der Waals surface area contributed by atoms with Crippen LogP contribution >= 0.6 is 11.6 Å². The molecule has 32 heavy (non-hydrogen) atoms. The molecule has 1 aromatic heterocycles. The minimum atomic E-state index is -0.759. The molecule has 0 saturated heterocycles. The number of fused-ring (bicyclic) bond motifs is 1. The molecular weight excluding hydrogens is 432 g/mol. The van der Waals surface area contributed by atoms with E-state index in [0.29, 0.717) is 22.2 Å². The van der Waals surface area contributed by atoms with Crippen LogP contribution in [0.4, 0.5) is 5.69 Å². The number of rotatable bonds is 5. The van der Waals surface area contributed by atoms with E-state index in [4.69, 9.17) is 11.6 Å². The molecule has 8 nitrogen and oxygen atoms in total. The summed E-state index contributed by atoms with van der Waals surface area (Å²) in [5.41, 5.74) is 4.31. The van der Waals surface area contributed by atoms with Crippen molar-refractivity contribution in [3.63, 3.8) is 0 Å². The molecule has 0 atom stereocenters. The smallest absolute Gasteiger partial charge is 0.312 e. The monoisotopic (exact) mass is 446 g/mol. The quantitative estimate of drug-likeness (QED) is 0.256. The molecule has 4 rings (SSSR count). The number of nitrogens with one attached hydrogen (secondary N) is 1. The van der Waals surface area contributed by atoms with Crippen molar-refractivity contribution in [3.8, 4) is 17.0 Å². The van der Waals surface area contributed by atoms with Gasteiger partial charge in [0.25, 0.3) is 5.91 Å². The number of nitrogens with zero attached hydrogens (tertiary/aromatic N) is 3. The predicted molar refractivity (Wildman–Crippen MR) is 122 cm³/mol. The second-order valence-corrected chi connectivity index (χ2v) is 7.19. The van der Waals surface area contributed by atoms with Gasteiger partial charge in [0.15, 0.2) is 0 Å². The number of nitro benzene ring substituents is 1. The molecule has 0 unspecified atom stereocenters. The molecule has 0 aliphatic rings. The van der Waals surface area contributed by atoms with E-state index in [1.54, 1.807) is 18.2 Å². The SMILES string of the molecule is O=C(NN=Cc1cc(Cl)cc([N+](=O)[O-])c1O)c1cc(-c2ccccc2)nc2ccccc12. The van der Waals surface area contributed by atoms with Crippen LogP contribution in [0.5, 0.6) is 5.75 Å². The highest BCUT2D eigenvalue weighted by molar-refractivity contribution is 6.31. The molecular formula is C23H15ClN4O4. The summed E-state index contributed by atoms with van der Waals surface area (Å²) in [5, 5.41) is 25.6. The van der Waals surface area contributed by atoms with Gasteiger partial charge in [-0.15, -0.1) is 0 Å². The standard InChI is InChI=1S/C23H15ClN4O4/c24-16-10-15(22(29)21(11-16)28(31)32)13-25-27-23(30)18-12-20(14-6-2-1-3-7-14)26-19-9-5-4-8-17(18)19/h1-13,29H,(H,27,30). The lowest BCUT2D eigenvalue weighted by Crippen LogP contribution is -2.18. The topological polar surface area (TPSA) is 118 Å². The number of carbonyl (C=O) groups excluding carboxylic acids is 1. The largest absolute Gasteiger partial charge is 0.502 e. The number of aromatic nitrogens is 1. The molecule has 1 amide bonds. The molecule has 0 saturated carbocycles. The molecule has 0 aliphatic carbocycles. The van der Waals surface area contributed by atoms with Crippen LogP contribution < -0.4 is 5.43 Å². The number of aromatic hydroxyl groups is 1. The number of amides is 1. The van der Waals surface area contributed by atoms with Crippen LogP contribution in [0.2, 0.25) is 5.02 Å². The average molecular weight is 447 g/mol. The number of para-hydroxylation sites is 1. The van der Waals surface area contributed by atoms with E-state index >= 15 is 0 Å². The van der Waals surface area contributed by atoms with Gasteiger partial charge in [-0.2, -0.15) is 5.10 Å². The highest BCUT2D eigenvalue weighted by atomic mass is 35.5. The first-order valence-corrected chi connectivity index (χ1v) is 9.77. The number of hydrogen-bond acceptors (Lipinski definition) is 6. The van der Waals surface area contributed by atoms with E-state index in [1.807, 2.05) is 42.5 Å². The summed E-state index contributed by atoms with van der Waals surface area (Å²) < 4.78 is 0. The summed E-state index contributed by atoms with van der Waals surface area (Å²) in [5.74, 6) is -1.11. The van der Waals surface area contributed by atoms with Crippen molar-refractivity contribution < 1.29 is 14.8 Å². The zero-order valence-electron chi connectivity index (χ0n) is 16.4. The number of pyridine rings is 1. The fourth-order valence-corrected chi connectivity index (χ4v) is 3.40. The highest BCUT2D eigenvalue weighted by Gasteiger charge is 2.18. The third-order valence-electron chi connectivity index (χ3n) is 4.68. The van der Waals surface area contributed by atoms with Crippen molar-refractivity contribution in [2.45, 2.75) is 0 Å². The maximum absolute atomic E-state index is 12.9. The average Bonchev–Trinajstić information content (AvgIpc) is 2.80. The number of nitro groups is 1. The van der Waals surface area contributed by atoms with Crippen LogP contribution in [0, 0.1) is 10.1 Å². The van der Waals surface area contributed by atoms with Crippen molar-refractivity contribution in [1.29, 1.82) is 0 Å². The first-order chi connectivity index (χ1) is 15.4. The van der Waals surface area contributed by atoms with Crippen LogP contribution in [0.25, 0.3) is 22.2 Å². The minimum Gasteiger partial charge on any atom is -0.502 e. The molecule has 158 valence electrons. The number of halogens is 1. The molecule has 1 heterocycles. The van der Waals surface area contributed by atoms with E-state index in [-0.39, 0.29) is 10.6 Å². The van der Waals surface area contributed by atoms with Crippen molar-refractivity contribution in [2.24, 2.45) is 5.10 Å². The van der Waals surface area contributed by atoms with E-state index < -0.39 is 22.3 Å². The van der Waals surface area contributed by atoms with E-state index in [9.17, 15) is 20.0 Å². The minimum absolute atomic E-state index is 0.00550. The zero-order valence-corrected chi connectivity index (χ0v) is 17.2. The Labute approximate surface area is 187 Å². The number of carbonyl (C=O) groups is 1. The van der Waals surface area contributed by atoms with E-state index in [2.05, 4.69) is 15.5 Å². The third-order valence-corrected chi connectivity index (χ3v) is 4.90. The second kappa shape index (κ2) is 8.83. The van der Waals surface area contributed by atoms with Gasteiger partial charge in [0, 0.05) is 27.6 Å². The maximum atomic E-state index is 12.9. The molecule has 0 fully saturated rings. The summed E-state index contributed by atoms with van der Waals surface area (Å²) >= 11 is 5.87. The number of phenols is 1. The Morgan fingerprint density at radius 2 is 1.81 bits per heavy atom. The molecule has 0 radical (unpaired) electrons. The normalized spacial score (nSPS) is 11.0. The van der Waals surface area contributed by atoms with Gasteiger partial charge in [0.2, 0.25) is 5.75 Å². The Bertz CT molecular complexity index is 1370. The predicted octanol–water partition coefficient (Wildman–Crippen LogP) is 4.93. The number of benzene rings is 3. The summed E-state index contributed by atoms with van der Waals surface area (Å²) in [4.78, 5) is 27.8. The highest BCUT2D eigenvalue weighted by Crippen LogP contribution is 2.32. The lowest BCUT2D eigenvalue weighted by Gasteiger charge is -2.09. The van der Waals surface area contributed by atoms with Crippen molar-refractivity contribution >= 4 is 40.3 Å². The van der Waals surface area contributed by atoms with Crippen LogP contribution in [-0.4, -0.2) is 27.1 Å². The summed E-state index contributed by atoms with van der Waals surface area (Å²) in [6, 6.07) is 20.7. The number of hydrogen-bond donors (Lipinski definition) is 2. The lowest BCUT2D eigenvalue weighted by atomic mass is 10.0. The summed E-state index contributed by atoms with van der Waals surface area (Å²) in [6.45, 7) is 0. The van der Waals surface area contributed by atoms with Crippen molar-refractivity contribution in [3.05, 3.63) is 99.1 Å². The lowest BCUT2D eigenvalue weighted by molar-refractivity contribution is -0.385. The van der Waals surface area contributed by atoms with Gasteiger partial charge in [-0.05, 0) is 18.2 Å². The summed E-state index contributed by atoms with van der Waals surface area (Å²) in [6.07, 6.45) is 1.09. The molecule has 2 N–H and O–H groups in total. The van der Waals surface area contributed by atoms with Gasteiger partial charge < -0.3 is 5.11 Å². The van der Waals surface area contributed by atoms with Crippen molar-refractivity contribution in [2.75, 3.05) is 0 Å². The fourth-order valence-electron chi connectivity index (χ4n) is 3.18. The van der Waals surface area contributed by atoms with Crippen LogP contribution in [0.15, 0.2) is 77.9 Å². The first kappa shape index (κ1) is 21.0. The van der Waals surface area contributed by atoms with Gasteiger partial charge in [0.05, 0.1) is 27.9 Å². The van der Waals surface area contributed by atoms with Crippen LogP contribution in [0.3, 0.4) is 0 Å². The van der Waals surface area contributed by atoms with Gasteiger partial charge in [-0.1, -0.05) is 60.1 Å². The maximum Gasteiger partial charge on any atom is 0.312 e. The number of hydrazone groups is 1. The van der Waals surface area contributed by atoms with E-state index in [0.717, 1.165) is 17.8 Å². The van der Waals surface area contributed by atoms with Gasteiger partial charge in [-0.3, -0.25) is 14.9 Å². The molecule has 0 aliphatic heterocycles. The molecule has 0 spiro atoms. The Balaban J connectivity index is 1.67. The number of phenolic OH excluding ortho intramolecular Hbond substituents is 1. The van der Waals surface area contributed by atoms with Gasteiger partial charge >= 0.3 is 5.69 Å². The third kappa shape index (κ3) is 4.26. The Hall–Kier alpha value is -4.30. The molecule has 0 bridgehead atoms. The summed E-state index contributed by atoms with van der Waals surface area (Å²) in [7, 11) is 0.